The minimum atomic E-state index is -1.02. The van der Waals surface area contributed by atoms with E-state index in [0.29, 0.717) is 0 Å². The monoisotopic (exact) mass is 479 g/mol. The Balaban J connectivity index is 0.000000402. The zero-order valence-corrected chi connectivity index (χ0v) is 14.9. The number of carboxylic acids is 1. The van der Waals surface area contributed by atoms with E-state index in [4.69, 9.17) is 10.8 Å². The van der Waals surface area contributed by atoms with E-state index in [1.807, 2.05) is 49.4 Å². The number of carbonyl (C=O) groups is 1. The van der Waals surface area contributed by atoms with E-state index < -0.39 is 12.0 Å². The third-order valence-electron chi connectivity index (χ3n) is 3.13. The molecule has 0 unspecified atom stereocenters. The fourth-order valence-electron chi connectivity index (χ4n) is 1.55. The number of hydrogen-bond donors (Lipinski definition) is 1. The first-order valence-corrected chi connectivity index (χ1v) is 6.88. The predicted octanol–water partition coefficient (Wildman–Crippen LogP) is 4.08. The number of aromatic nitrogens is 1. The number of nitrogens with zero attached hydrogens (tertiary/aromatic N) is 1. The zero-order valence-electron chi connectivity index (χ0n) is 12.6. The molecule has 0 saturated heterocycles. The van der Waals surface area contributed by atoms with Crippen molar-refractivity contribution in [3.05, 3.63) is 60.5 Å². The third kappa shape index (κ3) is 6.97. The van der Waals surface area contributed by atoms with Crippen molar-refractivity contribution in [2.75, 3.05) is 0 Å². The summed E-state index contributed by atoms with van der Waals surface area (Å²) in [7, 11) is 0. The maximum atomic E-state index is 10.1. The molecular formula is C17H20N2O2Pt. The molecule has 0 bridgehead atoms. The van der Waals surface area contributed by atoms with Crippen molar-refractivity contribution in [2.24, 2.45) is 5.92 Å². The van der Waals surface area contributed by atoms with Gasteiger partial charge in [-0.25, -0.2) is 0 Å². The van der Waals surface area contributed by atoms with E-state index in [-0.39, 0.29) is 27.0 Å². The first kappa shape index (κ1) is 20.5. The van der Waals surface area contributed by atoms with E-state index in [2.05, 4.69) is 11.1 Å². The zero-order chi connectivity index (χ0) is 15.7. The van der Waals surface area contributed by atoms with Gasteiger partial charge in [-0.15, -0.1) is 35.9 Å². The summed E-state index contributed by atoms with van der Waals surface area (Å²) in [5.41, 5.74) is 9.04. The number of pyridine rings is 1. The average molecular weight is 479 g/mol. The molecule has 1 aromatic heterocycles. The Morgan fingerprint density at radius 3 is 2.41 bits per heavy atom. The molecule has 22 heavy (non-hydrogen) atoms. The van der Waals surface area contributed by atoms with Crippen LogP contribution in [0.4, 0.5) is 0 Å². The van der Waals surface area contributed by atoms with Crippen LogP contribution in [0.2, 0.25) is 0 Å². The molecule has 0 saturated carbocycles. The first-order chi connectivity index (χ1) is 10.1. The quantitative estimate of drug-likeness (QED) is 0.672. The molecule has 0 spiro atoms. The molecule has 1 heterocycles. The minimum Gasteiger partial charge on any atom is -0.665 e. The van der Waals surface area contributed by atoms with Crippen molar-refractivity contribution in [1.29, 1.82) is 0 Å². The van der Waals surface area contributed by atoms with E-state index in [0.717, 1.165) is 17.7 Å². The fraction of sp³-hybridized carbons (Fsp3) is 0.294. The summed E-state index contributed by atoms with van der Waals surface area (Å²) >= 11 is 0. The summed E-state index contributed by atoms with van der Waals surface area (Å²) in [5, 5.41) is 8.30. The van der Waals surface area contributed by atoms with Gasteiger partial charge in [-0.3, -0.25) is 4.79 Å². The van der Waals surface area contributed by atoms with E-state index >= 15 is 0 Å². The number of carboxylic acid groups (broad SMARTS) is 1. The van der Waals surface area contributed by atoms with Crippen molar-refractivity contribution in [3.8, 4) is 11.3 Å². The molecule has 0 radical (unpaired) electrons. The van der Waals surface area contributed by atoms with E-state index in [1.165, 1.54) is 0 Å². The van der Waals surface area contributed by atoms with Crippen molar-refractivity contribution >= 4 is 5.97 Å². The molecule has 0 aliphatic carbocycles. The van der Waals surface area contributed by atoms with Gasteiger partial charge in [-0.1, -0.05) is 38.3 Å². The van der Waals surface area contributed by atoms with Crippen LogP contribution in [-0.2, 0) is 25.9 Å². The summed E-state index contributed by atoms with van der Waals surface area (Å²) in [4.78, 5) is 14.3. The van der Waals surface area contributed by atoms with Gasteiger partial charge in [0.05, 0.1) is 0 Å². The average Bonchev–Trinajstić information content (AvgIpc) is 2.55. The molecule has 1 aromatic carbocycles. The van der Waals surface area contributed by atoms with Gasteiger partial charge in [0, 0.05) is 6.20 Å². The Labute approximate surface area is 146 Å². The topological polar surface area (TPSA) is 74.0 Å². The second kappa shape index (κ2) is 11.1. The van der Waals surface area contributed by atoms with Crippen LogP contribution in [0, 0.1) is 12.0 Å². The van der Waals surface area contributed by atoms with E-state index in [1.54, 1.807) is 13.1 Å². The summed E-state index contributed by atoms with van der Waals surface area (Å²) in [6, 6.07) is 15.9. The SMILES string of the molecule is CC[C@H](C)[C@H]([NH-])C(=O)O.[Pt+2].[c-]1ccccc1-c1ccccn1. The van der Waals surface area contributed by atoms with Crippen LogP contribution >= 0.6 is 0 Å². The number of benzene rings is 1. The third-order valence-corrected chi connectivity index (χ3v) is 3.13. The van der Waals surface area contributed by atoms with Gasteiger partial charge in [0.1, 0.15) is 0 Å². The summed E-state index contributed by atoms with van der Waals surface area (Å²) in [6.45, 7) is 3.65. The number of nitrogens with one attached hydrogen (secondary N) is 1. The summed E-state index contributed by atoms with van der Waals surface area (Å²) in [6.07, 6.45) is 2.54. The molecule has 0 aliphatic heterocycles. The second-order valence-corrected chi connectivity index (χ2v) is 4.69. The molecule has 2 atom stereocenters. The minimum absolute atomic E-state index is 0. The number of hydrogen-bond acceptors (Lipinski definition) is 2. The molecule has 2 rings (SSSR count). The molecule has 5 heteroatoms. The Bertz CT molecular complexity index is 497. The van der Waals surface area contributed by atoms with Gasteiger partial charge >= 0.3 is 21.1 Å². The van der Waals surface area contributed by atoms with Crippen LogP contribution in [0.5, 0.6) is 0 Å². The van der Waals surface area contributed by atoms with Crippen LogP contribution < -0.4 is 0 Å². The smallest absolute Gasteiger partial charge is 0.665 e. The molecule has 0 amide bonds. The van der Waals surface area contributed by atoms with E-state index in [9.17, 15) is 4.79 Å². The summed E-state index contributed by atoms with van der Waals surface area (Å²) < 4.78 is 0. The largest absolute Gasteiger partial charge is 2.00 e. The maximum absolute atomic E-state index is 10.1. The van der Waals surface area contributed by atoms with Crippen LogP contribution in [0.1, 0.15) is 20.3 Å². The Kier molecular flexibility index (Phi) is 10.3. The molecule has 2 N–H and O–H groups in total. The van der Waals surface area contributed by atoms with Gasteiger partial charge in [0.25, 0.3) is 5.97 Å². The van der Waals surface area contributed by atoms with Gasteiger partial charge in [0.15, 0.2) is 0 Å². The normalized spacial score (nSPS) is 12.1. The van der Waals surface area contributed by atoms with Gasteiger partial charge in [0.2, 0.25) is 0 Å². The van der Waals surface area contributed by atoms with Crippen LogP contribution in [0.3, 0.4) is 0 Å². The second-order valence-electron chi connectivity index (χ2n) is 4.69. The van der Waals surface area contributed by atoms with Crippen LogP contribution in [-0.4, -0.2) is 22.1 Å². The van der Waals surface area contributed by atoms with Gasteiger partial charge in [-0.05, 0) is 17.8 Å². The number of aliphatic carboxylic acids is 1. The molecule has 120 valence electrons. The fourth-order valence-corrected chi connectivity index (χ4v) is 1.55. The predicted molar refractivity (Wildman–Crippen MR) is 83.7 cm³/mol. The number of rotatable bonds is 4. The van der Waals surface area contributed by atoms with Crippen molar-refractivity contribution in [3.63, 3.8) is 0 Å². The molecule has 0 fully saturated rings. The molecule has 4 nitrogen and oxygen atoms in total. The Morgan fingerprint density at radius 1 is 1.32 bits per heavy atom. The van der Waals surface area contributed by atoms with Crippen molar-refractivity contribution in [1.82, 2.24) is 4.98 Å². The van der Waals surface area contributed by atoms with Crippen molar-refractivity contribution < 1.29 is 31.0 Å². The van der Waals surface area contributed by atoms with Crippen molar-refractivity contribution in [2.45, 2.75) is 26.3 Å². The van der Waals surface area contributed by atoms with Crippen LogP contribution in [0.15, 0.2) is 48.7 Å². The van der Waals surface area contributed by atoms with Gasteiger partial charge in [-0.2, -0.15) is 0 Å². The molecule has 2 aromatic rings. The maximum Gasteiger partial charge on any atom is 2.00 e. The Morgan fingerprint density at radius 2 is 2.00 bits per heavy atom. The van der Waals surface area contributed by atoms with Gasteiger partial charge < -0.3 is 15.8 Å². The summed E-state index contributed by atoms with van der Waals surface area (Å²) in [5.74, 6) is -1.06. The Hall–Kier alpha value is -1.51. The molecule has 0 aliphatic rings. The first-order valence-electron chi connectivity index (χ1n) is 6.88. The van der Waals surface area contributed by atoms with Crippen LogP contribution in [0.25, 0.3) is 17.0 Å². The molecular weight excluding hydrogens is 459 g/mol. The standard InChI is InChI=1S/C11H8N.C6H12NO2.Pt/c1-2-6-10(7-3-1)11-8-4-5-9-12-11;1-3-4(2)5(7)6(8)9;/h1-6,8-9H;4-5,7H,3H2,1-2H3,(H,8,9);/q2*-1;+2/t;4-,5-;/m.0./s1.